The molecule has 5 heteroatoms. The van der Waals surface area contributed by atoms with Crippen LogP contribution >= 0.6 is 15.9 Å². The molecule has 0 unspecified atom stereocenters. The molecule has 1 aromatic heterocycles. The molecule has 0 spiro atoms. The minimum atomic E-state index is 0.731. The smallest absolute Gasteiger partial charge is 0.140 e. The van der Waals surface area contributed by atoms with Gasteiger partial charge >= 0.3 is 0 Å². The van der Waals surface area contributed by atoms with Crippen LogP contribution in [0.4, 0.5) is 11.4 Å². The van der Waals surface area contributed by atoms with E-state index in [2.05, 4.69) is 33.2 Å². The molecule has 0 saturated heterocycles. The second kappa shape index (κ2) is 9.12. The van der Waals surface area contributed by atoms with Crippen LogP contribution in [0.2, 0.25) is 0 Å². The summed E-state index contributed by atoms with van der Waals surface area (Å²) in [6.45, 7) is 0. The van der Waals surface area contributed by atoms with Gasteiger partial charge in [0, 0.05) is 15.6 Å². The van der Waals surface area contributed by atoms with Crippen LogP contribution < -0.4 is 0 Å². The number of hydrogen-bond donors (Lipinski definition) is 0. The van der Waals surface area contributed by atoms with Gasteiger partial charge in [-0.1, -0.05) is 94.8 Å². The van der Waals surface area contributed by atoms with E-state index < -0.39 is 0 Å². The number of benzene rings is 4. The maximum atomic E-state index is 5.01. The molecule has 5 rings (SSSR count). The number of rotatable bonds is 5. The average molecular weight is 479 g/mol. The molecule has 1 heterocycles. The molecule has 5 aromatic rings. The number of azo groups is 1. The Kier molecular flexibility index (Phi) is 5.73. The van der Waals surface area contributed by atoms with E-state index in [-0.39, 0.29) is 0 Å². The van der Waals surface area contributed by atoms with Gasteiger partial charge in [0.1, 0.15) is 17.1 Å². The first-order valence-corrected chi connectivity index (χ1v) is 11.1. The third-order valence-corrected chi connectivity index (χ3v) is 5.58. The first-order valence-electron chi connectivity index (χ1n) is 10.3. The Labute approximate surface area is 195 Å². The van der Waals surface area contributed by atoms with Crippen LogP contribution in [0.3, 0.4) is 0 Å². The van der Waals surface area contributed by atoms with Crippen LogP contribution in [-0.4, -0.2) is 9.78 Å². The van der Waals surface area contributed by atoms with E-state index in [0.29, 0.717) is 0 Å². The van der Waals surface area contributed by atoms with Crippen molar-refractivity contribution in [1.82, 2.24) is 9.78 Å². The SMILES string of the molecule is Brc1ccc(N=Nc2c(-c3ccccc3)nn(-c3ccccc3)c2-c2ccccc2)cc1. The van der Waals surface area contributed by atoms with Gasteiger partial charge in [-0.25, -0.2) is 4.68 Å². The number of halogens is 1. The van der Waals surface area contributed by atoms with Crippen molar-refractivity contribution in [2.24, 2.45) is 10.2 Å². The van der Waals surface area contributed by atoms with Gasteiger partial charge in [0.15, 0.2) is 0 Å². The van der Waals surface area contributed by atoms with Crippen LogP contribution in [0, 0.1) is 0 Å². The maximum Gasteiger partial charge on any atom is 0.140 e. The molecule has 0 aliphatic carbocycles. The predicted octanol–water partition coefficient (Wildman–Crippen LogP) is 8.38. The van der Waals surface area contributed by atoms with Gasteiger partial charge in [0.05, 0.1) is 11.4 Å². The number of para-hydroxylation sites is 1. The van der Waals surface area contributed by atoms with Gasteiger partial charge in [0.2, 0.25) is 0 Å². The summed E-state index contributed by atoms with van der Waals surface area (Å²) in [6.07, 6.45) is 0. The zero-order chi connectivity index (χ0) is 21.8. The Bertz CT molecular complexity index is 1340. The second-order valence-corrected chi connectivity index (χ2v) is 8.12. The zero-order valence-electron chi connectivity index (χ0n) is 17.1. The first kappa shape index (κ1) is 20.1. The van der Waals surface area contributed by atoms with E-state index >= 15 is 0 Å². The van der Waals surface area contributed by atoms with Crippen LogP contribution in [-0.2, 0) is 0 Å². The molecule has 4 aromatic carbocycles. The number of aromatic nitrogens is 2. The molecule has 4 nitrogen and oxygen atoms in total. The molecular formula is C27H19BrN4. The molecule has 154 valence electrons. The standard InChI is InChI=1S/C27H19BrN4/c28-22-16-18-23(19-17-22)29-30-26-25(20-10-4-1-5-11-20)31-32(24-14-8-3-9-15-24)27(26)21-12-6-2-7-13-21/h1-19H. The Morgan fingerprint density at radius 2 is 1.16 bits per heavy atom. The molecule has 0 fully saturated rings. The van der Waals surface area contributed by atoms with Crippen LogP contribution in [0.1, 0.15) is 0 Å². The van der Waals surface area contributed by atoms with Crippen LogP contribution in [0.25, 0.3) is 28.2 Å². The fraction of sp³-hybridized carbons (Fsp3) is 0. The minimum Gasteiger partial charge on any atom is -0.230 e. The quantitative estimate of drug-likeness (QED) is 0.234. The Hall–Kier alpha value is -3.83. The van der Waals surface area contributed by atoms with Crippen LogP contribution in [0.15, 0.2) is 130 Å². The van der Waals surface area contributed by atoms with Gasteiger partial charge in [-0.3, -0.25) is 0 Å². The largest absolute Gasteiger partial charge is 0.230 e. The van der Waals surface area contributed by atoms with Crippen molar-refractivity contribution in [3.05, 3.63) is 120 Å². The molecule has 0 aliphatic rings. The summed E-state index contributed by atoms with van der Waals surface area (Å²) in [6, 6.07) is 38.2. The molecule has 0 radical (unpaired) electrons. The summed E-state index contributed by atoms with van der Waals surface area (Å²) in [5.74, 6) is 0. The minimum absolute atomic E-state index is 0.731. The van der Waals surface area contributed by atoms with Crippen molar-refractivity contribution < 1.29 is 0 Å². The summed E-state index contributed by atoms with van der Waals surface area (Å²) in [5.41, 5.74) is 6.17. The van der Waals surface area contributed by atoms with Gasteiger partial charge in [-0.15, -0.1) is 5.11 Å². The lowest BCUT2D eigenvalue weighted by molar-refractivity contribution is 0.892. The summed E-state index contributed by atoms with van der Waals surface area (Å²) in [4.78, 5) is 0. The lowest BCUT2D eigenvalue weighted by Gasteiger charge is -2.08. The Morgan fingerprint density at radius 3 is 1.78 bits per heavy atom. The number of nitrogens with zero attached hydrogens (tertiary/aromatic N) is 4. The van der Waals surface area contributed by atoms with Gasteiger partial charge < -0.3 is 0 Å². The highest BCUT2D eigenvalue weighted by molar-refractivity contribution is 9.10. The molecule has 0 saturated carbocycles. The van der Waals surface area contributed by atoms with Crippen molar-refractivity contribution in [3.63, 3.8) is 0 Å². The first-order chi connectivity index (χ1) is 15.8. The highest BCUT2D eigenvalue weighted by atomic mass is 79.9. The molecule has 0 aliphatic heterocycles. The van der Waals surface area contributed by atoms with Crippen molar-refractivity contribution in [2.45, 2.75) is 0 Å². The van der Waals surface area contributed by atoms with Crippen molar-refractivity contribution in [3.8, 4) is 28.2 Å². The summed E-state index contributed by atoms with van der Waals surface area (Å²) >= 11 is 3.47. The highest BCUT2D eigenvalue weighted by Gasteiger charge is 2.21. The van der Waals surface area contributed by atoms with Crippen molar-refractivity contribution in [2.75, 3.05) is 0 Å². The fourth-order valence-corrected chi connectivity index (χ4v) is 3.79. The normalized spacial score (nSPS) is 11.2. The Balaban J connectivity index is 1.77. The lowest BCUT2D eigenvalue weighted by atomic mass is 10.1. The molecule has 0 atom stereocenters. The third kappa shape index (κ3) is 4.15. The van der Waals surface area contributed by atoms with E-state index in [1.807, 2.05) is 108 Å². The van der Waals surface area contributed by atoms with E-state index in [1.165, 1.54) is 0 Å². The third-order valence-electron chi connectivity index (χ3n) is 5.05. The molecule has 0 N–H and O–H groups in total. The van der Waals surface area contributed by atoms with E-state index in [1.54, 1.807) is 0 Å². The van der Waals surface area contributed by atoms with Gasteiger partial charge in [0.25, 0.3) is 0 Å². The maximum absolute atomic E-state index is 5.01. The van der Waals surface area contributed by atoms with E-state index in [9.17, 15) is 0 Å². The van der Waals surface area contributed by atoms with Gasteiger partial charge in [-0.2, -0.15) is 10.2 Å². The van der Waals surface area contributed by atoms with E-state index in [4.69, 9.17) is 10.2 Å². The monoisotopic (exact) mass is 478 g/mol. The second-order valence-electron chi connectivity index (χ2n) is 7.20. The van der Waals surface area contributed by atoms with Crippen molar-refractivity contribution >= 4 is 27.3 Å². The lowest BCUT2D eigenvalue weighted by Crippen LogP contribution is -1.98. The molecule has 32 heavy (non-hydrogen) atoms. The fourth-order valence-electron chi connectivity index (χ4n) is 3.52. The average Bonchev–Trinajstić information content (AvgIpc) is 3.25. The van der Waals surface area contributed by atoms with E-state index in [0.717, 1.165) is 44.0 Å². The van der Waals surface area contributed by atoms with Crippen LogP contribution in [0.5, 0.6) is 0 Å². The highest BCUT2D eigenvalue weighted by Crippen LogP contribution is 2.41. The zero-order valence-corrected chi connectivity index (χ0v) is 18.7. The summed E-state index contributed by atoms with van der Waals surface area (Å²) < 4.78 is 2.96. The van der Waals surface area contributed by atoms with Crippen molar-refractivity contribution in [1.29, 1.82) is 0 Å². The summed E-state index contributed by atoms with van der Waals surface area (Å²) in [5, 5.41) is 14.3. The topological polar surface area (TPSA) is 42.5 Å². The van der Waals surface area contributed by atoms with Gasteiger partial charge in [-0.05, 0) is 36.4 Å². The molecule has 0 bridgehead atoms. The molecule has 0 amide bonds. The Morgan fingerprint density at radius 1 is 0.594 bits per heavy atom. The molecular weight excluding hydrogens is 460 g/mol. The predicted molar refractivity (Wildman–Crippen MR) is 133 cm³/mol. The summed E-state index contributed by atoms with van der Waals surface area (Å²) in [7, 11) is 0. The number of hydrogen-bond acceptors (Lipinski definition) is 3.